The smallest absolute Gasteiger partial charge is 0.387 e. The standard InChI is InChI=1S/C16H10ClF2NO4/c17-13-7-4-11(9-14(13)20(22)23)15(21)8-3-10-1-5-12(6-2-10)24-16(18)19/h1-9,16H/b8-3-. The summed E-state index contributed by atoms with van der Waals surface area (Å²) in [7, 11) is 0. The lowest BCUT2D eigenvalue weighted by Crippen LogP contribution is -2.01. The Labute approximate surface area is 140 Å². The van der Waals surface area contributed by atoms with Crippen molar-refractivity contribution in [1.82, 2.24) is 0 Å². The summed E-state index contributed by atoms with van der Waals surface area (Å²) in [4.78, 5) is 22.2. The number of allylic oxidation sites excluding steroid dienone is 1. The third-order valence-electron chi connectivity index (χ3n) is 2.96. The van der Waals surface area contributed by atoms with Gasteiger partial charge in [-0.3, -0.25) is 14.9 Å². The van der Waals surface area contributed by atoms with Gasteiger partial charge in [0.2, 0.25) is 0 Å². The first kappa shape index (κ1) is 17.6. The fourth-order valence-corrected chi connectivity index (χ4v) is 2.02. The predicted molar refractivity (Wildman–Crippen MR) is 84.5 cm³/mol. The third kappa shape index (κ3) is 4.60. The number of ether oxygens (including phenoxy) is 1. The SMILES string of the molecule is O=C(/C=C\c1ccc(OC(F)F)cc1)c1ccc(Cl)c([N+](=O)[O-])c1. The second-order valence-electron chi connectivity index (χ2n) is 4.57. The van der Waals surface area contributed by atoms with Crippen molar-refractivity contribution in [2.24, 2.45) is 0 Å². The van der Waals surface area contributed by atoms with Crippen LogP contribution in [-0.2, 0) is 0 Å². The molecule has 0 aliphatic carbocycles. The molecule has 124 valence electrons. The van der Waals surface area contributed by atoms with Gasteiger partial charge in [-0.1, -0.05) is 29.8 Å². The van der Waals surface area contributed by atoms with Gasteiger partial charge in [0, 0.05) is 11.6 Å². The Bertz CT molecular complexity index is 791. The molecule has 2 aromatic carbocycles. The lowest BCUT2D eigenvalue weighted by Gasteiger charge is -2.03. The zero-order valence-electron chi connectivity index (χ0n) is 12.0. The summed E-state index contributed by atoms with van der Waals surface area (Å²) in [5, 5.41) is 10.8. The predicted octanol–water partition coefficient (Wildman–Crippen LogP) is 4.75. The molecule has 0 saturated carbocycles. The van der Waals surface area contributed by atoms with Gasteiger partial charge in [0.25, 0.3) is 5.69 Å². The van der Waals surface area contributed by atoms with E-state index in [1.54, 1.807) is 0 Å². The van der Waals surface area contributed by atoms with E-state index in [0.717, 1.165) is 6.07 Å². The van der Waals surface area contributed by atoms with Gasteiger partial charge in [-0.05, 0) is 35.9 Å². The first-order chi connectivity index (χ1) is 11.4. The molecule has 5 nitrogen and oxygen atoms in total. The van der Waals surface area contributed by atoms with Crippen LogP contribution in [0, 0.1) is 10.1 Å². The van der Waals surface area contributed by atoms with E-state index in [1.807, 2.05) is 0 Å². The normalized spacial score (nSPS) is 11.0. The monoisotopic (exact) mass is 353 g/mol. The van der Waals surface area contributed by atoms with E-state index >= 15 is 0 Å². The number of carbonyl (C=O) groups is 1. The molecule has 0 bridgehead atoms. The van der Waals surface area contributed by atoms with Gasteiger partial charge in [-0.2, -0.15) is 8.78 Å². The van der Waals surface area contributed by atoms with Crippen molar-refractivity contribution >= 4 is 29.1 Å². The molecule has 0 atom stereocenters. The average Bonchev–Trinajstić information content (AvgIpc) is 2.53. The fraction of sp³-hybridized carbons (Fsp3) is 0.0625. The summed E-state index contributed by atoms with van der Waals surface area (Å²) in [6.45, 7) is -2.91. The molecular weight excluding hydrogens is 344 g/mol. The first-order valence-electron chi connectivity index (χ1n) is 6.58. The highest BCUT2D eigenvalue weighted by atomic mass is 35.5. The molecule has 0 unspecified atom stereocenters. The van der Waals surface area contributed by atoms with Crippen LogP contribution in [0.3, 0.4) is 0 Å². The van der Waals surface area contributed by atoms with E-state index in [-0.39, 0.29) is 22.0 Å². The number of hydrogen-bond acceptors (Lipinski definition) is 4. The molecule has 0 heterocycles. The van der Waals surface area contributed by atoms with E-state index in [4.69, 9.17) is 11.6 Å². The number of rotatable bonds is 6. The van der Waals surface area contributed by atoms with Crippen LogP contribution in [0.15, 0.2) is 48.5 Å². The summed E-state index contributed by atoms with van der Waals surface area (Å²) in [6.07, 6.45) is 2.67. The molecule has 8 heteroatoms. The second-order valence-corrected chi connectivity index (χ2v) is 4.98. The fourth-order valence-electron chi connectivity index (χ4n) is 1.83. The number of nitrogens with zero attached hydrogens (tertiary/aromatic N) is 1. The molecule has 0 aliphatic rings. The number of nitro benzene ring substituents is 1. The maximum absolute atomic E-state index is 12.0. The van der Waals surface area contributed by atoms with Crippen LogP contribution >= 0.6 is 11.6 Å². The first-order valence-corrected chi connectivity index (χ1v) is 6.96. The molecule has 0 aliphatic heterocycles. The second kappa shape index (κ2) is 7.65. The van der Waals surface area contributed by atoms with Crippen LogP contribution in [0.1, 0.15) is 15.9 Å². The van der Waals surface area contributed by atoms with E-state index < -0.39 is 17.3 Å². The number of halogens is 3. The summed E-state index contributed by atoms with van der Waals surface area (Å²) >= 11 is 5.68. The number of nitro groups is 1. The zero-order chi connectivity index (χ0) is 17.7. The highest BCUT2D eigenvalue weighted by molar-refractivity contribution is 6.32. The summed E-state index contributed by atoms with van der Waals surface area (Å²) < 4.78 is 28.3. The highest BCUT2D eigenvalue weighted by Crippen LogP contribution is 2.25. The molecule has 2 aromatic rings. The minimum atomic E-state index is -2.91. The van der Waals surface area contributed by atoms with Crippen LogP contribution in [0.25, 0.3) is 6.08 Å². The van der Waals surface area contributed by atoms with Crippen LogP contribution in [0.5, 0.6) is 5.75 Å². The van der Waals surface area contributed by atoms with Crippen molar-refractivity contribution in [1.29, 1.82) is 0 Å². The van der Waals surface area contributed by atoms with E-state index in [2.05, 4.69) is 4.74 Å². The molecule has 0 radical (unpaired) electrons. The molecular formula is C16H10ClF2NO4. The van der Waals surface area contributed by atoms with Crippen molar-refractivity contribution in [2.45, 2.75) is 6.61 Å². The van der Waals surface area contributed by atoms with Gasteiger partial charge >= 0.3 is 6.61 Å². The van der Waals surface area contributed by atoms with E-state index in [1.165, 1.54) is 48.6 Å². The zero-order valence-corrected chi connectivity index (χ0v) is 12.7. The van der Waals surface area contributed by atoms with Crippen LogP contribution in [0.4, 0.5) is 14.5 Å². The van der Waals surface area contributed by atoms with Gasteiger partial charge in [0.05, 0.1) is 4.92 Å². The van der Waals surface area contributed by atoms with Crippen molar-refractivity contribution < 1.29 is 23.2 Å². The van der Waals surface area contributed by atoms with E-state index in [9.17, 15) is 23.7 Å². The molecule has 0 aromatic heterocycles. The molecule has 0 amide bonds. The Morgan fingerprint density at radius 2 is 1.88 bits per heavy atom. The maximum atomic E-state index is 12.0. The molecule has 0 N–H and O–H groups in total. The molecule has 2 rings (SSSR count). The Hall–Kier alpha value is -2.80. The van der Waals surface area contributed by atoms with Crippen LogP contribution in [-0.4, -0.2) is 17.3 Å². The average molecular weight is 354 g/mol. The Balaban J connectivity index is 2.13. The highest BCUT2D eigenvalue weighted by Gasteiger charge is 2.15. The topological polar surface area (TPSA) is 69.4 Å². The van der Waals surface area contributed by atoms with Gasteiger partial charge in [0.1, 0.15) is 10.8 Å². The number of carbonyl (C=O) groups excluding carboxylic acids is 1. The molecule has 24 heavy (non-hydrogen) atoms. The number of alkyl halides is 2. The number of benzene rings is 2. The third-order valence-corrected chi connectivity index (χ3v) is 3.28. The summed E-state index contributed by atoms with van der Waals surface area (Å²) in [5.74, 6) is -0.454. The minimum absolute atomic E-state index is 0.00167. The lowest BCUT2D eigenvalue weighted by molar-refractivity contribution is -0.384. The summed E-state index contributed by atoms with van der Waals surface area (Å²) in [5.41, 5.74) is 0.331. The minimum Gasteiger partial charge on any atom is -0.435 e. The van der Waals surface area contributed by atoms with Gasteiger partial charge < -0.3 is 4.74 Å². The van der Waals surface area contributed by atoms with Gasteiger partial charge in [0.15, 0.2) is 5.78 Å². The maximum Gasteiger partial charge on any atom is 0.387 e. The Morgan fingerprint density at radius 3 is 2.46 bits per heavy atom. The summed E-state index contributed by atoms with van der Waals surface area (Å²) in [6, 6.07) is 9.40. The Kier molecular flexibility index (Phi) is 5.59. The van der Waals surface area contributed by atoms with E-state index in [0.29, 0.717) is 5.56 Å². The number of ketones is 1. The van der Waals surface area contributed by atoms with Crippen molar-refractivity contribution in [3.8, 4) is 5.75 Å². The Morgan fingerprint density at radius 1 is 1.21 bits per heavy atom. The van der Waals surface area contributed by atoms with Crippen LogP contribution in [0.2, 0.25) is 5.02 Å². The quantitative estimate of drug-likeness (QED) is 0.325. The molecule has 0 fully saturated rings. The van der Waals surface area contributed by atoms with Crippen molar-refractivity contribution in [3.05, 3.63) is 74.8 Å². The van der Waals surface area contributed by atoms with Gasteiger partial charge in [-0.15, -0.1) is 0 Å². The number of hydrogen-bond donors (Lipinski definition) is 0. The molecule has 0 saturated heterocycles. The largest absolute Gasteiger partial charge is 0.435 e. The molecule has 0 spiro atoms. The van der Waals surface area contributed by atoms with Crippen LogP contribution < -0.4 is 4.74 Å². The van der Waals surface area contributed by atoms with Crippen molar-refractivity contribution in [3.63, 3.8) is 0 Å². The van der Waals surface area contributed by atoms with Gasteiger partial charge in [-0.25, -0.2) is 0 Å². The van der Waals surface area contributed by atoms with Crippen molar-refractivity contribution in [2.75, 3.05) is 0 Å². The lowest BCUT2D eigenvalue weighted by atomic mass is 10.1.